The Hall–Kier alpha value is -0.330. The lowest BCUT2D eigenvalue weighted by atomic mass is 10.00. The maximum absolute atomic E-state index is 13.5. The van der Waals surface area contributed by atoms with Gasteiger partial charge in [-0.25, -0.2) is 4.39 Å². The Kier molecular flexibility index (Phi) is 5.47. The first-order valence-corrected chi connectivity index (χ1v) is 7.83. The summed E-state index contributed by atoms with van der Waals surface area (Å²) in [4.78, 5) is 2.31. The van der Waals surface area contributed by atoms with Gasteiger partial charge in [-0.3, -0.25) is 11.3 Å². The van der Waals surface area contributed by atoms with E-state index in [0.29, 0.717) is 12.5 Å². The number of nitrogens with one attached hydrogen (secondary N) is 1. The topological polar surface area (TPSA) is 41.3 Å². The lowest BCUT2D eigenvalue weighted by molar-refractivity contribution is 0.214. The summed E-state index contributed by atoms with van der Waals surface area (Å²) in [6.45, 7) is 1.06. The normalized spacial score (nSPS) is 22.4. The van der Waals surface area contributed by atoms with E-state index >= 15 is 0 Å². The fraction of sp³-hybridized carbons (Fsp3) is 0.538. The molecule has 106 valence electrons. The van der Waals surface area contributed by atoms with E-state index in [1.165, 1.54) is 6.07 Å². The van der Waals surface area contributed by atoms with Crippen molar-refractivity contribution in [2.75, 3.05) is 25.1 Å². The minimum atomic E-state index is -0.374. The fourth-order valence-corrected chi connectivity index (χ4v) is 3.79. The van der Waals surface area contributed by atoms with Crippen molar-refractivity contribution in [1.82, 2.24) is 10.3 Å². The molecule has 3 nitrogen and oxygen atoms in total. The third-order valence-corrected chi connectivity index (χ3v) is 4.92. The second-order valence-electron chi connectivity index (χ2n) is 4.85. The molecule has 19 heavy (non-hydrogen) atoms. The largest absolute Gasteiger partial charge is 0.300 e. The van der Waals surface area contributed by atoms with Crippen LogP contribution >= 0.6 is 23.4 Å². The number of benzene rings is 1. The highest BCUT2D eigenvalue weighted by Gasteiger charge is 2.27. The molecule has 0 amide bonds. The zero-order chi connectivity index (χ0) is 13.8. The molecule has 1 aliphatic heterocycles. The molecule has 1 heterocycles. The number of nitrogens with zero attached hydrogens (tertiary/aromatic N) is 1. The number of rotatable bonds is 4. The Labute approximate surface area is 122 Å². The summed E-state index contributed by atoms with van der Waals surface area (Å²) in [5, 5.41) is 0.159. The van der Waals surface area contributed by atoms with E-state index in [1.54, 1.807) is 6.07 Å². The number of thioether (sulfide) groups is 1. The van der Waals surface area contributed by atoms with Gasteiger partial charge in [-0.05, 0) is 31.2 Å². The van der Waals surface area contributed by atoms with E-state index in [-0.39, 0.29) is 16.9 Å². The summed E-state index contributed by atoms with van der Waals surface area (Å²) in [5.74, 6) is 7.50. The van der Waals surface area contributed by atoms with Gasteiger partial charge in [-0.2, -0.15) is 11.8 Å². The van der Waals surface area contributed by atoms with Crippen molar-refractivity contribution >= 4 is 23.4 Å². The number of nitrogens with two attached hydrogens (primary N) is 1. The first kappa shape index (κ1) is 15.1. The van der Waals surface area contributed by atoms with Crippen molar-refractivity contribution in [3.05, 3.63) is 34.6 Å². The van der Waals surface area contributed by atoms with Crippen LogP contribution in [0.3, 0.4) is 0 Å². The number of hydrogen-bond donors (Lipinski definition) is 2. The molecule has 0 spiro atoms. The van der Waals surface area contributed by atoms with Gasteiger partial charge in [0.15, 0.2) is 0 Å². The molecule has 2 rings (SSSR count). The summed E-state index contributed by atoms with van der Waals surface area (Å²) in [6, 6.07) is 5.41. The maximum atomic E-state index is 13.5. The van der Waals surface area contributed by atoms with Crippen LogP contribution in [0.1, 0.15) is 5.56 Å². The summed E-state index contributed by atoms with van der Waals surface area (Å²) in [5.41, 5.74) is 3.79. The quantitative estimate of drug-likeness (QED) is 0.658. The van der Waals surface area contributed by atoms with E-state index in [1.807, 2.05) is 17.8 Å². The lowest BCUT2D eigenvalue weighted by Crippen LogP contribution is -2.55. The molecule has 3 N–H and O–H groups in total. The van der Waals surface area contributed by atoms with Gasteiger partial charge < -0.3 is 4.90 Å². The minimum absolute atomic E-state index is 0.110. The molecule has 0 aliphatic carbocycles. The zero-order valence-corrected chi connectivity index (χ0v) is 12.5. The van der Waals surface area contributed by atoms with Crippen molar-refractivity contribution in [3.63, 3.8) is 0 Å². The highest BCUT2D eigenvalue weighted by Crippen LogP contribution is 2.21. The molecule has 1 aromatic rings. The summed E-state index contributed by atoms with van der Waals surface area (Å²) in [7, 11) is 2.11. The van der Waals surface area contributed by atoms with Crippen molar-refractivity contribution in [3.8, 4) is 0 Å². The van der Waals surface area contributed by atoms with Gasteiger partial charge in [0.2, 0.25) is 0 Å². The van der Waals surface area contributed by atoms with Crippen LogP contribution in [0.15, 0.2) is 18.2 Å². The molecule has 1 aromatic carbocycles. The molecule has 1 aliphatic rings. The molecule has 0 aromatic heterocycles. The predicted molar refractivity (Wildman–Crippen MR) is 80.0 cm³/mol. The molecule has 2 atom stereocenters. The highest BCUT2D eigenvalue weighted by molar-refractivity contribution is 7.99. The van der Waals surface area contributed by atoms with Crippen LogP contribution in [0.25, 0.3) is 0 Å². The first-order valence-electron chi connectivity index (χ1n) is 6.30. The standard InChI is InChI=1S/C13H19ClFN3S/c1-18-4-5-19-8-13(18)12(17-16)7-9-2-3-10(14)11(15)6-9/h2-3,6,12-13,17H,4-5,7-8,16H2,1H3. The number of halogens is 2. The third kappa shape index (κ3) is 3.83. The lowest BCUT2D eigenvalue weighted by Gasteiger charge is -2.37. The Bertz CT molecular complexity index is 432. The van der Waals surface area contributed by atoms with Crippen LogP contribution in [0, 0.1) is 5.82 Å². The Morgan fingerprint density at radius 2 is 2.42 bits per heavy atom. The first-order chi connectivity index (χ1) is 9.11. The van der Waals surface area contributed by atoms with Crippen molar-refractivity contribution in [2.24, 2.45) is 5.84 Å². The second-order valence-corrected chi connectivity index (χ2v) is 6.41. The van der Waals surface area contributed by atoms with Crippen LogP contribution in [0.2, 0.25) is 5.02 Å². The number of hydrazine groups is 1. The molecular formula is C13H19ClFN3S. The molecule has 2 unspecified atom stereocenters. The zero-order valence-electron chi connectivity index (χ0n) is 10.9. The van der Waals surface area contributed by atoms with Crippen LogP contribution in [0.4, 0.5) is 4.39 Å². The summed E-state index contributed by atoms with van der Waals surface area (Å²) < 4.78 is 13.5. The van der Waals surface area contributed by atoms with E-state index < -0.39 is 0 Å². The van der Waals surface area contributed by atoms with Gasteiger partial charge in [-0.1, -0.05) is 17.7 Å². The number of hydrogen-bond acceptors (Lipinski definition) is 4. The van der Waals surface area contributed by atoms with Gasteiger partial charge in [0.05, 0.1) is 5.02 Å². The average Bonchev–Trinajstić information content (AvgIpc) is 2.41. The number of likely N-dealkylation sites (N-methyl/N-ethyl adjacent to an activating group) is 1. The SMILES string of the molecule is CN1CCSCC1C(Cc1ccc(Cl)c(F)c1)NN. The summed E-state index contributed by atoms with van der Waals surface area (Å²) >= 11 is 7.63. The molecular weight excluding hydrogens is 285 g/mol. The Morgan fingerprint density at radius 3 is 3.05 bits per heavy atom. The van der Waals surface area contributed by atoms with Gasteiger partial charge in [0, 0.05) is 30.1 Å². The van der Waals surface area contributed by atoms with Crippen LogP contribution in [-0.4, -0.2) is 42.1 Å². The third-order valence-electron chi connectivity index (χ3n) is 3.56. The van der Waals surface area contributed by atoms with Gasteiger partial charge in [0.1, 0.15) is 5.82 Å². The van der Waals surface area contributed by atoms with E-state index in [9.17, 15) is 4.39 Å². The molecule has 1 fully saturated rings. The minimum Gasteiger partial charge on any atom is -0.300 e. The fourth-order valence-electron chi connectivity index (χ4n) is 2.36. The van der Waals surface area contributed by atoms with E-state index in [4.69, 9.17) is 17.4 Å². The van der Waals surface area contributed by atoms with Gasteiger partial charge in [-0.15, -0.1) is 0 Å². The van der Waals surface area contributed by atoms with Crippen molar-refractivity contribution < 1.29 is 4.39 Å². The smallest absolute Gasteiger partial charge is 0.142 e. The van der Waals surface area contributed by atoms with E-state index in [0.717, 1.165) is 23.6 Å². The maximum Gasteiger partial charge on any atom is 0.142 e. The van der Waals surface area contributed by atoms with Crippen LogP contribution in [-0.2, 0) is 6.42 Å². The predicted octanol–water partition coefficient (Wildman–Crippen LogP) is 1.90. The average molecular weight is 304 g/mol. The van der Waals surface area contributed by atoms with Crippen LogP contribution in [0.5, 0.6) is 0 Å². The van der Waals surface area contributed by atoms with Crippen molar-refractivity contribution in [1.29, 1.82) is 0 Å². The summed E-state index contributed by atoms with van der Waals surface area (Å²) in [6.07, 6.45) is 0.695. The molecule has 6 heteroatoms. The van der Waals surface area contributed by atoms with Gasteiger partial charge >= 0.3 is 0 Å². The second kappa shape index (κ2) is 6.90. The van der Waals surface area contributed by atoms with Crippen LogP contribution < -0.4 is 11.3 Å². The Morgan fingerprint density at radius 1 is 1.63 bits per heavy atom. The molecule has 0 radical (unpaired) electrons. The monoisotopic (exact) mass is 303 g/mol. The van der Waals surface area contributed by atoms with Gasteiger partial charge in [0.25, 0.3) is 0 Å². The van der Waals surface area contributed by atoms with Crippen molar-refractivity contribution in [2.45, 2.75) is 18.5 Å². The van der Waals surface area contributed by atoms with E-state index in [2.05, 4.69) is 17.4 Å². The molecule has 0 saturated carbocycles. The Balaban J connectivity index is 2.07. The highest BCUT2D eigenvalue weighted by atomic mass is 35.5. The molecule has 0 bridgehead atoms. The molecule has 1 saturated heterocycles.